The molecule has 7 rings (SSSR count). The molecule has 0 radical (unpaired) electrons. The van der Waals surface area contributed by atoms with Crippen molar-refractivity contribution in [1.29, 1.82) is 0 Å². The average Bonchev–Trinajstić information content (AvgIpc) is 3.51. The standard InChI is InChI=1S/C29H43N7O5S/c1-19-6-5-7-22(19)36-23-21(29(10-11-29)24(36)37)14-30-25(32-23)31-20-8-12-34(13-9-20)42(39,40)35-17-28(18-35)15-33(16-28)26(38)41-27(2,3)4/h14,19-20,22H,5-13,15-18H2,1-4H3,(H,30,31,32). The van der Waals surface area contributed by atoms with Crippen LogP contribution in [0.4, 0.5) is 16.6 Å². The smallest absolute Gasteiger partial charge is 0.410 e. The number of likely N-dealkylation sites (tertiary alicyclic amines) is 1. The lowest BCUT2D eigenvalue weighted by molar-refractivity contribution is -0.120. The molecule has 2 spiro atoms. The zero-order valence-corrected chi connectivity index (χ0v) is 26.0. The van der Waals surface area contributed by atoms with Crippen LogP contribution in [0.5, 0.6) is 0 Å². The third-order valence-electron chi connectivity index (χ3n) is 10.2. The Balaban J connectivity index is 0.937. The summed E-state index contributed by atoms with van der Waals surface area (Å²) in [6.45, 7) is 10.5. The molecule has 2 amide bonds. The number of fused-ring (bicyclic) bond motifs is 2. The molecule has 2 atom stereocenters. The summed E-state index contributed by atoms with van der Waals surface area (Å²) in [5.41, 5.74) is -0.126. The summed E-state index contributed by atoms with van der Waals surface area (Å²) in [6.07, 6.45) is 7.85. The number of rotatable bonds is 5. The van der Waals surface area contributed by atoms with Gasteiger partial charge in [0.25, 0.3) is 10.2 Å². The molecule has 2 unspecified atom stereocenters. The minimum Gasteiger partial charge on any atom is -0.444 e. The van der Waals surface area contributed by atoms with Gasteiger partial charge in [-0.15, -0.1) is 0 Å². The minimum atomic E-state index is -3.55. The van der Waals surface area contributed by atoms with Gasteiger partial charge in [-0.05, 0) is 65.2 Å². The summed E-state index contributed by atoms with van der Waals surface area (Å²) < 4.78 is 35.2. The molecule has 13 heteroatoms. The highest BCUT2D eigenvalue weighted by Gasteiger charge is 2.62. The number of nitrogens with zero attached hydrogens (tertiary/aromatic N) is 6. The molecule has 1 aromatic rings. The van der Waals surface area contributed by atoms with Gasteiger partial charge in [0.1, 0.15) is 11.4 Å². The number of aromatic nitrogens is 2. The second kappa shape index (κ2) is 9.49. The number of amides is 2. The fourth-order valence-corrected chi connectivity index (χ4v) is 9.56. The second-order valence-electron chi connectivity index (χ2n) is 14.6. The highest BCUT2D eigenvalue weighted by Crippen LogP contribution is 2.58. The van der Waals surface area contributed by atoms with Crippen molar-refractivity contribution in [3.05, 3.63) is 11.8 Å². The lowest BCUT2D eigenvalue weighted by Gasteiger charge is -2.59. The van der Waals surface area contributed by atoms with Crippen molar-refractivity contribution in [3.8, 4) is 0 Å². The molecule has 2 aliphatic carbocycles. The third kappa shape index (κ3) is 4.57. The molecular formula is C29H43N7O5S. The average molecular weight is 602 g/mol. The largest absolute Gasteiger partial charge is 0.444 e. The zero-order chi connectivity index (χ0) is 29.7. The highest BCUT2D eigenvalue weighted by molar-refractivity contribution is 7.86. The van der Waals surface area contributed by atoms with Crippen molar-refractivity contribution in [2.45, 2.75) is 95.7 Å². The van der Waals surface area contributed by atoms with Crippen LogP contribution in [-0.4, -0.2) is 101 Å². The van der Waals surface area contributed by atoms with Gasteiger partial charge in [-0.2, -0.15) is 22.0 Å². The number of carbonyl (C=O) groups is 2. The van der Waals surface area contributed by atoms with Crippen LogP contribution in [0.1, 0.15) is 78.2 Å². The van der Waals surface area contributed by atoms with E-state index in [0.29, 0.717) is 64.0 Å². The van der Waals surface area contributed by atoms with Crippen LogP contribution in [0.3, 0.4) is 0 Å². The molecule has 2 saturated carbocycles. The number of anilines is 2. The van der Waals surface area contributed by atoms with Gasteiger partial charge >= 0.3 is 6.09 Å². The Labute approximate surface area is 248 Å². The molecule has 42 heavy (non-hydrogen) atoms. The Morgan fingerprint density at radius 1 is 1.05 bits per heavy atom. The topological polar surface area (TPSA) is 128 Å². The van der Waals surface area contributed by atoms with Crippen molar-refractivity contribution in [3.63, 3.8) is 0 Å². The maximum absolute atomic E-state index is 13.5. The van der Waals surface area contributed by atoms with E-state index in [4.69, 9.17) is 9.72 Å². The van der Waals surface area contributed by atoms with Gasteiger partial charge in [-0.25, -0.2) is 9.78 Å². The van der Waals surface area contributed by atoms with Crippen LogP contribution in [-0.2, 0) is 25.2 Å². The lowest BCUT2D eigenvalue weighted by Crippen LogP contribution is -2.74. The van der Waals surface area contributed by atoms with Crippen molar-refractivity contribution in [2.24, 2.45) is 11.3 Å². The molecular weight excluding hydrogens is 558 g/mol. The quantitative estimate of drug-likeness (QED) is 0.546. The summed E-state index contributed by atoms with van der Waals surface area (Å²) in [5, 5.41) is 3.44. The predicted molar refractivity (Wildman–Crippen MR) is 156 cm³/mol. The second-order valence-corrected chi connectivity index (χ2v) is 16.5. The first-order valence-electron chi connectivity index (χ1n) is 15.5. The summed E-state index contributed by atoms with van der Waals surface area (Å²) in [5.74, 6) is 1.96. The summed E-state index contributed by atoms with van der Waals surface area (Å²) in [7, 11) is -3.55. The highest BCUT2D eigenvalue weighted by atomic mass is 32.2. The van der Waals surface area contributed by atoms with Crippen LogP contribution in [0.2, 0.25) is 0 Å². The lowest BCUT2D eigenvalue weighted by atomic mass is 9.75. The first-order valence-corrected chi connectivity index (χ1v) is 16.9. The minimum absolute atomic E-state index is 0.0529. The van der Waals surface area contributed by atoms with E-state index in [9.17, 15) is 18.0 Å². The van der Waals surface area contributed by atoms with Gasteiger partial charge in [0.15, 0.2) is 0 Å². The maximum atomic E-state index is 13.5. The van der Waals surface area contributed by atoms with E-state index in [1.54, 1.807) is 13.5 Å². The van der Waals surface area contributed by atoms with Crippen LogP contribution in [0.15, 0.2) is 6.20 Å². The van der Waals surface area contributed by atoms with Gasteiger partial charge < -0.3 is 15.0 Å². The fourth-order valence-electron chi connectivity index (χ4n) is 7.69. The number of ether oxygens (including phenoxy) is 1. The molecule has 230 valence electrons. The Morgan fingerprint density at radius 3 is 2.33 bits per heavy atom. The van der Waals surface area contributed by atoms with E-state index in [1.807, 2.05) is 31.9 Å². The SMILES string of the molecule is CC1CCCC1N1C(=O)C2(CC2)c2cnc(NC3CCN(S(=O)(=O)N4CC5(CN(C(=O)OC(C)(C)C)C5)C4)CC3)nc21. The first kappa shape index (κ1) is 28.3. The van der Waals surface area contributed by atoms with Crippen LogP contribution in [0, 0.1) is 11.3 Å². The van der Waals surface area contributed by atoms with E-state index in [-0.39, 0.29) is 29.5 Å². The van der Waals surface area contributed by atoms with Crippen LogP contribution < -0.4 is 10.2 Å². The van der Waals surface area contributed by atoms with Gasteiger partial charge in [-0.1, -0.05) is 13.3 Å². The Morgan fingerprint density at radius 2 is 1.74 bits per heavy atom. The summed E-state index contributed by atoms with van der Waals surface area (Å²) >= 11 is 0. The molecule has 1 aromatic heterocycles. The van der Waals surface area contributed by atoms with Gasteiger partial charge in [0, 0.05) is 68.5 Å². The number of hydrogen-bond acceptors (Lipinski definition) is 8. The molecule has 3 saturated heterocycles. The van der Waals surface area contributed by atoms with Crippen molar-refractivity contribution < 1.29 is 22.7 Å². The van der Waals surface area contributed by atoms with Crippen molar-refractivity contribution in [1.82, 2.24) is 23.5 Å². The maximum Gasteiger partial charge on any atom is 0.410 e. The predicted octanol–water partition coefficient (Wildman–Crippen LogP) is 2.72. The van der Waals surface area contributed by atoms with Crippen LogP contribution >= 0.6 is 0 Å². The Bertz CT molecular complexity index is 1390. The van der Waals surface area contributed by atoms with Gasteiger partial charge in [0.2, 0.25) is 11.9 Å². The van der Waals surface area contributed by atoms with E-state index >= 15 is 0 Å². The summed E-state index contributed by atoms with van der Waals surface area (Å²) in [4.78, 5) is 38.9. The van der Waals surface area contributed by atoms with E-state index < -0.39 is 21.2 Å². The Kier molecular flexibility index (Phi) is 6.39. The van der Waals surface area contributed by atoms with Crippen molar-refractivity contribution in [2.75, 3.05) is 49.5 Å². The first-order chi connectivity index (χ1) is 19.8. The van der Waals surface area contributed by atoms with Gasteiger partial charge in [-0.3, -0.25) is 9.69 Å². The number of hydrogen-bond donors (Lipinski definition) is 1. The molecule has 0 aromatic carbocycles. The monoisotopic (exact) mass is 601 g/mol. The van der Waals surface area contributed by atoms with Crippen molar-refractivity contribution >= 4 is 34.0 Å². The van der Waals surface area contributed by atoms with Crippen LogP contribution in [0.25, 0.3) is 0 Å². The molecule has 12 nitrogen and oxygen atoms in total. The third-order valence-corrected chi connectivity index (χ3v) is 12.1. The molecule has 5 fully saturated rings. The number of nitrogens with one attached hydrogen (secondary N) is 1. The van der Waals surface area contributed by atoms with E-state index in [0.717, 1.165) is 43.5 Å². The summed E-state index contributed by atoms with van der Waals surface area (Å²) in [6, 6.07) is 0.255. The zero-order valence-electron chi connectivity index (χ0n) is 25.1. The fraction of sp³-hybridized carbons (Fsp3) is 0.793. The molecule has 4 aliphatic heterocycles. The number of piperidine rings is 1. The molecule has 5 heterocycles. The number of carbonyl (C=O) groups excluding carboxylic acids is 2. The molecule has 1 N–H and O–H groups in total. The van der Waals surface area contributed by atoms with E-state index in [1.165, 1.54) is 0 Å². The molecule has 0 bridgehead atoms. The Hall–Kier alpha value is -2.51. The molecule has 6 aliphatic rings. The normalized spacial score (nSPS) is 29.0. The van der Waals surface area contributed by atoms with E-state index in [2.05, 4.69) is 17.2 Å². The van der Waals surface area contributed by atoms with Gasteiger partial charge in [0.05, 0.1) is 5.41 Å².